The lowest BCUT2D eigenvalue weighted by atomic mass is 10.00. The molecule has 0 aliphatic heterocycles. The Morgan fingerprint density at radius 1 is 1.14 bits per heavy atom. The fourth-order valence-electron chi connectivity index (χ4n) is 2.18. The van der Waals surface area contributed by atoms with Crippen molar-refractivity contribution in [2.45, 2.75) is 25.5 Å². The maximum Gasteiger partial charge on any atom is 0.142 e. The Balaban J connectivity index is 2.34. The van der Waals surface area contributed by atoms with Crippen LogP contribution in [0.2, 0.25) is 0 Å². The van der Waals surface area contributed by atoms with Gasteiger partial charge in [0.1, 0.15) is 17.6 Å². The predicted octanol–water partition coefficient (Wildman–Crippen LogP) is 4.32. The lowest BCUT2D eigenvalue weighted by Crippen LogP contribution is -2.31. The summed E-state index contributed by atoms with van der Waals surface area (Å²) in [5.41, 5.74) is 7.23. The van der Waals surface area contributed by atoms with E-state index >= 15 is 0 Å². The molecule has 0 aromatic heterocycles. The Labute approximate surface area is 134 Å². The molecule has 0 saturated heterocycles. The standard InChI is InChI=1S/C17H20BrNO2/c1-3-15(19)17(14-9-4-5-10-16(14)20-2)21-13-8-6-7-12(18)11-13/h4-11,15,17H,3,19H2,1-2H3. The Bertz CT molecular complexity index is 589. The summed E-state index contributed by atoms with van der Waals surface area (Å²) in [5, 5.41) is 0. The Morgan fingerprint density at radius 2 is 1.90 bits per heavy atom. The van der Waals surface area contributed by atoms with Crippen LogP contribution in [0, 0.1) is 0 Å². The lowest BCUT2D eigenvalue weighted by Gasteiger charge is -2.26. The Morgan fingerprint density at radius 3 is 2.57 bits per heavy atom. The van der Waals surface area contributed by atoms with Crippen molar-refractivity contribution < 1.29 is 9.47 Å². The van der Waals surface area contributed by atoms with Gasteiger partial charge in [-0.25, -0.2) is 0 Å². The number of hydrogen-bond acceptors (Lipinski definition) is 3. The van der Waals surface area contributed by atoms with Crippen molar-refractivity contribution in [2.75, 3.05) is 7.11 Å². The number of hydrogen-bond donors (Lipinski definition) is 1. The van der Waals surface area contributed by atoms with E-state index in [2.05, 4.69) is 22.9 Å². The molecule has 2 aromatic rings. The van der Waals surface area contributed by atoms with Crippen LogP contribution in [-0.2, 0) is 0 Å². The zero-order valence-electron chi connectivity index (χ0n) is 12.3. The van der Waals surface area contributed by atoms with E-state index in [1.165, 1.54) is 0 Å². The minimum Gasteiger partial charge on any atom is -0.496 e. The van der Waals surface area contributed by atoms with Crippen LogP contribution in [0.15, 0.2) is 53.0 Å². The van der Waals surface area contributed by atoms with Crippen LogP contribution in [0.1, 0.15) is 25.0 Å². The Hall–Kier alpha value is -1.52. The molecule has 0 heterocycles. The summed E-state index contributed by atoms with van der Waals surface area (Å²) in [7, 11) is 1.66. The van der Waals surface area contributed by atoms with Crippen LogP contribution in [-0.4, -0.2) is 13.2 Å². The van der Waals surface area contributed by atoms with Gasteiger partial charge in [-0.3, -0.25) is 0 Å². The zero-order chi connectivity index (χ0) is 15.2. The van der Waals surface area contributed by atoms with Gasteiger partial charge in [-0.15, -0.1) is 0 Å². The summed E-state index contributed by atoms with van der Waals surface area (Å²) >= 11 is 3.45. The molecule has 4 heteroatoms. The molecule has 2 rings (SSSR count). The average Bonchev–Trinajstić information content (AvgIpc) is 2.52. The van der Waals surface area contributed by atoms with E-state index in [4.69, 9.17) is 15.2 Å². The van der Waals surface area contributed by atoms with Crippen LogP contribution in [0.5, 0.6) is 11.5 Å². The highest BCUT2D eigenvalue weighted by Gasteiger charge is 2.23. The highest BCUT2D eigenvalue weighted by Crippen LogP contribution is 2.32. The van der Waals surface area contributed by atoms with E-state index in [1.54, 1.807) is 7.11 Å². The molecule has 2 N–H and O–H groups in total. The van der Waals surface area contributed by atoms with E-state index in [0.717, 1.165) is 28.0 Å². The summed E-state index contributed by atoms with van der Waals surface area (Å²) in [6.07, 6.45) is 0.567. The SMILES string of the molecule is CCC(N)C(Oc1cccc(Br)c1)c1ccccc1OC. The molecule has 0 fully saturated rings. The summed E-state index contributed by atoms with van der Waals surface area (Å²) in [6.45, 7) is 2.05. The van der Waals surface area contributed by atoms with Crippen molar-refractivity contribution in [3.05, 3.63) is 58.6 Å². The molecule has 21 heavy (non-hydrogen) atoms. The van der Waals surface area contributed by atoms with Gasteiger partial charge >= 0.3 is 0 Å². The topological polar surface area (TPSA) is 44.5 Å². The van der Waals surface area contributed by atoms with E-state index in [-0.39, 0.29) is 12.1 Å². The van der Waals surface area contributed by atoms with Crippen molar-refractivity contribution >= 4 is 15.9 Å². The molecule has 2 aromatic carbocycles. The van der Waals surface area contributed by atoms with Crippen molar-refractivity contribution in [3.8, 4) is 11.5 Å². The molecule has 2 atom stereocenters. The fourth-order valence-corrected chi connectivity index (χ4v) is 2.56. The maximum absolute atomic E-state index is 6.27. The van der Waals surface area contributed by atoms with Crippen LogP contribution < -0.4 is 15.2 Å². The van der Waals surface area contributed by atoms with E-state index < -0.39 is 0 Å². The average molecular weight is 350 g/mol. The van der Waals surface area contributed by atoms with Gasteiger partial charge in [0.25, 0.3) is 0 Å². The summed E-state index contributed by atoms with van der Waals surface area (Å²) in [4.78, 5) is 0. The number of benzene rings is 2. The van der Waals surface area contributed by atoms with Gasteiger partial charge in [0.05, 0.1) is 7.11 Å². The van der Waals surface area contributed by atoms with Crippen LogP contribution in [0.4, 0.5) is 0 Å². The third kappa shape index (κ3) is 3.99. The normalized spacial score (nSPS) is 13.5. The molecule has 0 radical (unpaired) electrons. The lowest BCUT2D eigenvalue weighted by molar-refractivity contribution is 0.167. The highest BCUT2D eigenvalue weighted by atomic mass is 79.9. The first-order valence-corrected chi connectivity index (χ1v) is 7.75. The molecule has 0 amide bonds. The zero-order valence-corrected chi connectivity index (χ0v) is 13.8. The maximum atomic E-state index is 6.27. The first-order chi connectivity index (χ1) is 10.2. The minimum atomic E-state index is -0.250. The van der Waals surface area contributed by atoms with Gasteiger partial charge in [-0.1, -0.05) is 47.1 Å². The Kier molecular flexibility index (Phi) is 5.65. The molecule has 0 aliphatic rings. The molecular weight excluding hydrogens is 330 g/mol. The van der Waals surface area contributed by atoms with Gasteiger partial charge < -0.3 is 15.2 Å². The van der Waals surface area contributed by atoms with E-state index in [9.17, 15) is 0 Å². The molecule has 2 unspecified atom stereocenters. The number of methoxy groups -OCH3 is 1. The summed E-state index contributed by atoms with van der Waals surface area (Å²) in [6, 6.07) is 15.5. The second-order valence-corrected chi connectivity index (χ2v) is 5.73. The summed E-state index contributed by atoms with van der Waals surface area (Å²) in [5.74, 6) is 1.57. The largest absolute Gasteiger partial charge is 0.496 e. The minimum absolute atomic E-state index is 0.111. The highest BCUT2D eigenvalue weighted by molar-refractivity contribution is 9.10. The second kappa shape index (κ2) is 7.48. The molecule has 3 nitrogen and oxygen atoms in total. The van der Waals surface area contributed by atoms with Crippen molar-refractivity contribution in [1.82, 2.24) is 0 Å². The smallest absolute Gasteiger partial charge is 0.142 e. The van der Waals surface area contributed by atoms with Gasteiger partial charge in [0.2, 0.25) is 0 Å². The fraction of sp³-hybridized carbons (Fsp3) is 0.294. The molecule has 0 saturated carbocycles. The molecule has 0 aliphatic carbocycles. The third-order valence-electron chi connectivity index (χ3n) is 3.36. The third-order valence-corrected chi connectivity index (χ3v) is 3.86. The van der Waals surface area contributed by atoms with Gasteiger partial charge in [-0.2, -0.15) is 0 Å². The van der Waals surface area contributed by atoms with Crippen molar-refractivity contribution in [1.29, 1.82) is 0 Å². The number of halogens is 1. The number of rotatable bonds is 6. The number of ether oxygens (including phenoxy) is 2. The molecule has 112 valence electrons. The first kappa shape index (κ1) is 15.9. The first-order valence-electron chi connectivity index (χ1n) is 6.96. The van der Waals surface area contributed by atoms with Crippen molar-refractivity contribution in [3.63, 3.8) is 0 Å². The van der Waals surface area contributed by atoms with Crippen LogP contribution in [0.25, 0.3) is 0 Å². The molecular formula is C17H20BrNO2. The monoisotopic (exact) mass is 349 g/mol. The van der Waals surface area contributed by atoms with Gasteiger partial charge in [0, 0.05) is 16.1 Å². The van der Waals surface area contributed by atoms with Crippen LogP contribution in [0.3, 0.4) is 0 Å². The van der Waals surface area contributed by atoms with Crippen LogP contribution >= 0.6 is 15.9 Å². The van der Waals surface area contributed by atoms with Gasteiger partial charge in [0.15, 0.2) is 0 Å². The molecule has 0 spiro atoms. The quantitative estimate of drug-likeness (QED) is 0.844. The van der Waals surface area contributed by atoms with Gasteiger partial charge in [-0.05, 0) is 30.7 Å². The van der Waals surface area contributed by atoms with E-state index in [1.807, 2.05) is 48.5 Å². The second-order valence-electron chi connectivity index (χ2n) is 4.81. The van der Waals surface area contributed by atoms with E-state index in [0.29, 0.717) is 0 Å². The van der Waals surface area contributed by atoms with Crippen molar-refractivity contribution in [2.24, 2.45) is 5.73 Å². The predicted molar refractivity (Wildman–Crippen MR) is 88.8 cm³/mol. The number of para-hydroxylation sites is 1. The summed E-state index contributed by atoms with van der Waals surface area (Å²) < 4.78 is 12.6. The molecule has 0 bridgehead atoms. The number of nitrogens with two attached hydrogens (primary N) is 1.